The van der Waals surface area contributed by atoms with Crippen molar-refractivity contribution in [3.8, 4) is 0 Å². The molecule has 1 atom stereocenters. The van der Waals surface area contributed by atoms with Gasteiger partial charge in [-0.05, 0) is 29.8 Å². The molecule has 2 aromatic rings. The normalized spacial score (nSPS) is 18.1. The van der Waals surface area contributed by atoms with Crippen molar-refractivity contribution in [3.05, 3.63) is 59.3 Å². The summed E-state index contributed by atoms with van der Waals surface area (Å²) < 4.78 is 57.9. The van der Waals surface area contributed by atoms with Crippen molar-refractivity contribution in [3.63, 3.8) is 0 Å². The third kappa shape index (κ3) is 3.40. The summed E-state index contributed by atoms with van der Waals surface area (Å²) in [5, 5.41) is 3.20. The molecule has 124 valence electrons. The summed E-state index contributed by atoms with van der Waals surface area (Å²) in [4.78, 5) is 2.03. The molecule has 3 nitrogen and oxygen atoms in total. The molecule has 3 rings (SSSR count). The van der Waals surface area contributed by atoms with E-state index in [4.69, 9.17) is 4.42 Å². The summed E-state index contributed by atoms with van der Waals surface area (Å²) in [6.45, 7) is 2.82. The molecular weight excluding hydrogens is 312 g/mol. The summed E-state index contributed by atoms with van der Waals surface area (Å²) in [6.07, 6.45) is -3.24. The molecule has 1 aromatic carbocycles. The largest absolute Gasteiger partial charge is 0.467 e. The number of alkyl halides is 3. The second kappa shape index (κ2) is 6.33. The number of nitrogens with one attached hydrogen (secondary N) is 1. The number of rotatable bonds is 3. The molecule has 1 aliphatic heterocycles. The molecule has 0 unspecified atom stereocenters. The lowest BCUT2D eigenvalue weighted by Crippen LogP contribution is -2.45. The Hall–Kier alpha value is -1.86. The van der Waals surface area contributed by atoms with Gasteiger partial charge in [0, 0.05) is 26.2 Å². The Morgan fingerprint density at radius 1 is 1.13 bits per heavy atom. The van der Waals surface area contributed by atoms with E-state index in [1.54, 1.807) is 12.1 Å². The maximum atomic E-state index is 13.5. The second-order valence-corrected chi connectivity index (χ2v) is 5.44. The van der Waals surface area contributed by atoms with Gasteiger partial charge in [-0.25, -0.2) is 4.39 Å². The van der Waals surface area contributed by atoms with Crippen LogP contribution in [0.3, 0.4) is 0 Å². The molecule has 0 bridgehead atoms. The Labute approximate surface area is 130 Å². The lowest BCUT2D eigenvalue weighted by molar-refractivity contribution is -0.140. The second-order valence-electron chi connectivity index (χ2n) is 5.44. The first-order valence-electron chi connectivity index (χ1n) is 7.31. The van der Waals surface area contributed by atoms with E-state index in [0.717, 1.165) is 25.2 Å². The van der Waals surface area contributed by atoms with E-state index in [2.05, 4.69) is 5.32 Å². The maximum Gasteiger partial charge on any atom is 0.419 e. The van der Waals surface area contributed by atoms with Gasteiger partial charge in [-0.3, -0.25) is 4.90 Å². The van der Waals surface area contributed by atoms with Gasteiger partial charge in [0.25, 0.3) is 0 Å². The van der Waals surface area contributed by atoms with Crippen molar-refractivity contribution in [1.82, 2.24) is 10.2 Å². The fourth-order valence-corrected chi connectivity index (χ4v) is 2.87. The monoisotopic (exact) mass is 328 g/mol. The van der Waals surface area contributed by atoms with Gasteiger partial charge in [0.05, 0.1) is 17.9 Å². The standard InChI is InChI=1S/C16H16F4N2O/c17-13-4-3-11(10-12(13)16(18,19)20)15(14-2-1-9-23-14)22-7-5-21-6-8-22/h1-4,9-10,15,21H,5-8H2/t15-/m0/s1. The van der Waals surface area contributed by atoms with Crippen molar-refractivity contribution in [2.45, 2.75) is 12.2 Å². The highest BCUT2D eigenvalue weighted by Gasteiger charge is 2.36. The molecule has 0 saturated carbocycles. The van der Waals surface area contributed by atoms with Crippen LogP contribution < -0.4 is 5.32 Å². The minimum absolute atomic E-state index is 0.371. The molecule has 1 N–H and O–H groups in total. The zero-order valence-electron chi connectivity index (χ0n) is 12.2. The van der Waals surface area contributed by atoms with Crippen LogP contribution in [0.2, 0.25) is 0 Å². The molecule has 0 radical (unpaired) electrons. The number of hydrogen-bond acceptors (Lipinski definition) is 3. The van der Waals surface area contributed by atoms with Gasteiger partial charge in [-0.1, -0.05) is 6.07 Å². The van der Waals surface area contributed by atoms with E-state index in [-0.39, 0.29) is 0 Å². The van der Waals surface area contributed by atoms with Crippen LogP contribution in [0, 0.1) is 5.82 Å². The SMILES string of the molecule is Fc1ccc([C@@H](c2ccco2)N2CCNCC2)cc1C(F)(F)F. The minimum Gasteiger partial charge on any atom is -0.467 e. The summed E-state index contributed by atoms with van der Waals surface area (Å²) >= 11 is 0. The number of halogens is 4. The van der Waals surface area contributed by atoms with Crippen LogP contribution in [0.25, 0.3) is 0 Å². The Kier molecular flexibility index (Phi) is 4.41. The molecular formula is C16H16F4N2O. The Balaban J connectivity index is 2.03. The van der Waals surface area contributed by atoms with Crippen LogP contribution in [-0.2, 0) is 6.18 Å². The maximum absolute atomic E-state index is 13.5. The van der Waals surface area contributed by atoms with E-state index in [9.17, 15) is 17.6 Å². The van der Waals surface area contributed by atoms with Crippen molar-refractivity contribution in [1.29, 1.82) is 0 Å². The Morgan fingerprint density at radius 2 is 1.87 bits per heavy atom. The molecule has 7 heteroatoms. The van der Waals surface area contributed by atoms with E-state index < -0.39 is 23.6 Å². The van der Waals surface area contributed by atoms with Crippen molar-refractivity contribution in [2.24, 2.45) is 0 Å². The molecule has 1 aromatic heterocycles. The molecule has 1 aliphatic rings. The third-order valence-electron chi connectivity index (χ3n) is 3.94. The molecule has 0 spiro atoms. The van der Waals surface area contributed by atoms with Gasteiger partial charge in [-0.15, -0.1) is 0 Å². The molecule has 1 fully saturated rings. The quantitative estimate of drug-likeness (QED) is 0.875. The van der Waals surface area contributed by atoms with E-state index in [1.165, 1.54) is 12.3 Å². The lowest BCUT2D eigenvalue weighted by Gasteiger charge is -2.34. The van der Waals surface area contributed by atoms with Crippen molar-refractivity contribution < 1.29 is 22.0 Å². The van der Waals surface area contributed by atoms with Gasteiger partial charge >= 0.3 is 6.18 Å². The lowest BCUT2D eigenvalue weighted by atomic mass is 9.99. The average Bonchev–Trinajstić information content (AvgIpc) is 3.03. The smallest absolute Gasteiger partial charge is 0.419 e. The first-order valence-corrected chi connectivity index (χ1v) is 7.31. The fourth-order valence-electron chi connectivity index (χ4n) is 2.87. The van der Waals surface area contributed by atoms with Gasteiger partial charge in [-0.2, -0.15) is 13.2 Å². The number of nitrogens with zero attached hydrogens (tertiary/aromatic N) is 1. The van der Waals surface area contributed by atoms with Gasteiger partial charge in [0.15, 0.2) is 0 Å². The number of hydrogen-bond donors (Lipinski definition) is 1. The van der Waals surface area contributed by atoms with E-state index in [0.29, 0.717) is 24.4 Å². The number of benzene rings is 1. The minimum atomic E-state index is -4.72. The predicted molar refractivity (Wildman–Crippen MR) is 76.4 cm³/mol. The predicted octanol–water partition coefficient (Wildman–Crippen LogP) is 3.43. The van der Waals surface area contributed by atoms with Crippen LogP contribution in [0.1, 0.15) is 22.9 Å². The first-order chi connectivity index (χ1) is 11.0. The first kappa shape index (κ1) is 16.0. The highest BCUT2D eigenvalue weighted by molar-refractivity contribution is 5.33. The highest BCUT2D eigenvalue weighted by Crippen LogP contribution is 2.36. The number of piperazine rings is 1. The van der Waals surface area contributed by atoms with Crippen LogP contribution in [0.5, 0.6) is 0 Å². The zero-order valence-corrected chi connectivity index (χ0v) is 12.2. The molecule has 23 heavy (non-hydrogen) atoms. The molecule has 1 saturated heterocycles. The number of furan rings is 1. The van der Waals surface area contributed by atoms with Crippen LogP contribution in [0.4, 0.5) is 17.6 Å². The summed E-state index contributed by atoms with van der Waals surface area (Å²) in [6, 6.07) is 6.09. The van der Waals surface area contributed by atoms with Crippen LogP contribution in [-0.4, -0.2) is 31.1 Å². The molecule has 0 amide bonds. The zero-order chi connectivity index (χ0) is 16.4. The van der Waals surface area contributed by atoms with Crippen molar-refractivity contribution in [2.75, 3.05) is 26.2 Å². The third-order valence-corrected chi connectivity index (χ3v) is 3.94. The van der Waals surface area contributed by atoms with Crippen LogP contribution in [0.15, 0.2) is 41.0 Å². The molecule has 2 heterocycles. The average molecular weight is 328 g/mol. The van der Waals surface area contributed by atoms with Gasteiger partial charge in [0.1, 0.15) is 11.6 Å². The Morgan fingerprint density at radius 3 is 2.48 bits per heavy atom. The fraction of sp³-hybridized carbons (Fsp3) is 0.375. The van der Waals surface area contributed by atoms with Crippen LogP contribution >= 0.6 is 0 Å². The molecule has 0 aliphatic carbocycles. The van der Waals surface area contributed by atoms with E-state index >= 15 is 0 Å². The summed E-state index contributed by atoms with van der Waals surface area (Å²) in [5.74, 6) is -0.716. The summed E-state index contributed by atoms with van der Waals surface area (Å²) in [5.41, 5.74) is -0.878. The highest BCUT2D eigenvalue weighted by atomic mass is 19.4. The van der Waals surface area contributed by atoms with Gasteiger partial charge < -0.3 is 9.73 Å². The van der Waals surface area contributed by atoms with Gasteiger partial charge in [0.2, 0.25) is 0 Å². The Bertz CT molecular complexity index is 649. The van der Waals surface area contributed by atoms with E-state index in [1.807, 2.05) is 4.90 Å². The van der Waals surface area contributed by atoms with Crippen molar-refractivity contribution >= 4 is 0 Å². The summed E-state index contributed by atoms with van der Waals surface area (Å²) in [7, 11) is 0. The topological polar surface area (TPSA) is 28.4 Å².